The number of nitrogens with one attached hydrogen (secondary N) is 1. The fourth-order valence-corrected chi connectivity index (χ4v) is 3.76. The van der Waals surface area contributed by atoms with Crippen LogP contribution in [0.25, 0.3) is 11.0 Å². The van der Waals surface area contributed by atoms with Gasteiger partial charge in [0.15, 0.2) is 0 Å². The van der Waals surface area contributed by atoms with E-state index in [1.807, 2.05) is 63.6 Å². The molecule has 0 bridgehead atoms. The highest BCUT2D eigenvalue weighted by Gasteiger charge is 2.63. The number of benzene rings is 1. The second-order valence-corrected chi connectivity index (χ2v) is 7.55. The van der Waals surface area contributed by atoms with Crippen molar-refractivity contribution < 1.29 is 9.53 Å². The standard InChI is InChI=1S/C19H28N4O2/c1-6-25-15-11-19(20,18(15,3)4)17(24)21-12(2)16-22-13-9-7-8-10-14(13)23(16)5/h7-10,12,15H,6,11,20H2,1-5H3,(H,21,24). The van der Waals surface area contributed by atoms with Gasteiger partial charge in [0.1, 0.15) is 11.4 Å². The van der Waals surface area contributed by atoms with Crippen LogP contribution >= 0.6 is 0 Å². The molecule has 1 aromatic carbocycles. The Morgan fingerprint density at radius 2 is 2.16 bits per heavy atom. The average Bonchev–Trinajstić information content (AvgIpc) is 2.92. The van der Waals surface area contributed by atoms with Crippen LogP contribution in [0.1, 0.15) is 46.0 Å². The number of imidazole rings is 1. The minimum Gasteiger partial charge on any atom is -0.378 e. The van der Waals surface area contributed by atoms with Crippen molar-refractivity contribution in [2.24, 2.45) is 18.2 Å². The Labute approximate surface area is 148 Å². The normalized spacial score (nSPS) is 26.2. The number of nitrogens with two attached hydrogens (primary N) is 1. The van der Waals surface area contributed by atoms with E-state index >= 15 is 0 Å². The first-order chi connectivity index (χ1) is 11.7. The van der Waals surface area contributed by atoms with Crippen LogP contribution in [0.4, 0.5) is 0 Å². The molecule has 6 heteroatoms. The van der Waals surface area contributed by atoms with Crippen molar-refractivity contribution in [1.82, 2.24) is 14.9 Å². The Morgan fingerprint density at radius 3 is 2.76 bits per heavy atom. The number of nitrogens with zero attached hydrogens (tertiary/aromatic N) is 2. The summed E-state index contributed by atoms with van der Waals surface area (Å²) in [6.07, 6.45) is 0.550. The zero-order valence-electron chi connectivity index (χ0n) is 15.7. The quantitative estimate of drug-likeness (QED) is 0.872. The van der Waals surface area contributed by atoms with Gasteiger partial charge in [-0.05, 0) is 26.0 Å². The third-order valence-corrected chi connectivity index (χ3v) is 5.79. The van der Waals surface area contributed by atoms with E-state index in [-0.39, 0.29) is 18.1 Å². The van der Waals surface area contributed by atoms with E-state index in [4.69, 9.17) is 10.5 Å². The molecule has 0 aliphatic heterocycles. The summed E-state index contributed by atoms with van der Waals surface area (Å²) < 4.78 is 7.72. The fourth-order valence-electron chi connectivity index (χ4n) is 3.76. The molecule has 3 atom stereocenters. The summed E-state index contributed by atoms with van der Waals surface area (Å²) in [6, 6.07) is 7.71. The molecule has 1 saturated carbocycles. The summed E-state index contributed by atoms with van der Waals surface area (Å²) in [5.74, 6) is 0.671. The predicted octanol–water partition coefficient (Wildman–Crippen LogP) is 2.28. The summed E-state index contributed by atoms with van der Waals surface area (Å²) in [5.41, 5.74) is 7.10. The number of aromatic nitrogens is 2. The van der Waals surface area contributed by atoms with Gasteiger partial charge in [0.25, 0.3) is 0 Å². The van der Waals surface area contributed by atoms with Crippen LogP contribution in [-0.4, -0.2) is 33.7 Å². The molecular weight excluding hydrogens is 316 g/mol. The lowest BCUT2D eigenvalue weighted by Crippen LogP contribution is -2.75. The van der Waals surface area contributed by atoms with Gasteiger partial charge in [0, 0.05) is 25.5 Å². The Morgan fingerprint density at radius 1 is 1.48 bits per heavy atom. The van der Waals surface area contributed by atoms with Gasteiger partial charge in [-0.25, -0.2) is 4.98 Å². The van der Waals surface area contributed by atoms with Crippen LogP contribution in [0, 0.1) is 5.41 Å². The average molecular weight is 344 g/mol. The Balaban J connectivity index is 1.77. The topological polar surface area (TPSA) is 82.2 Å². The third kappa shape index (κ3) is 2.64. The molecule has 0 radical (unpaired) electrons. The second-order valence-electron chi connectivity index (χ2n) is 7.55. The van der Waals surface area contributed by atoms with Crippen LogP contribution in [0.3, 0.4) is 0 Å². The first-order valence-electron chi connectivity index (χ1n) is 8.85. The number of rotatable bonds is 5. The minimum atomic E-state index is -0.925. The maximum Gasteiger partial charge on any atom is 0.241 e. The molecule has 3 unspecified atom stereocenters. The van der Waals surface area contributed by atoms with E-state index in [0.29, 0.717) is 13.0 Å². The minimum absolute atomic E-state index is 0.0132. The second kappa shape index (κ2) is 6.11. The molecule has 1 heterocycles. The van der Waals surface area contributed by atoms with Gasteiger partial charge in [-0.1, -0.05) is 26.0 Å². The van der Waals surface area contributed by atoms with Gasteiger partial charge in [-0.3, -0.25) is 4.79 Å². The smallest absolute Gasteiger partial charge is 0.241 e. The Hall–Kier alpha value is -1.92. The molecule has 1 aromatic heterocycles. The Kier molecular flexibility index (Phi) is 4.37. The number of carbonyl (C=O) groups is 1. The Bertz CT molecular complexity index is 798. The number of hydrogen-bond acceptors (Lipinski definition) is 4. The SMILES string of the molecule is CCOC1CC(N)(C(=O)NC(C)c2nc3ccccc3n2C)C1(C)C. The predicted molar refractivity (Wildman–Crippen MR) is 98.0 cm³/mol. The molecule has 6 nitrogen and oxygen atoms in total. The van der Waals surface area contributed by atoms with E-state index in [1.165, 1.54) is 0 Å². The summed E-state index contributed by atoms with van der Waals surface area (Å²) >= 11 is 0. The number of ether oxygens (including phenoxy) is 1. The van der Waals surface area contributed by atoms with Gasteiger partial charge < -0.3 is 20.4 Å². The third-order valence-electron chi connectivity index (χ3n) is 5.79. The summed E-state index contributed by atoms with van der Waals surface area (Å²) in [6.45, 7) is 8.52. The van der Waals surface area contributed by atoms with Crippen LogP contribution in [0.15, 0.2) is 24.3 Å². The van der Waals surface area contributed by atoms with E-state index in [2.05, 4.69) is 10.3 Å². The van der Waals surface area contributed by atoms with E-state index in [9.17, 15) is 4.79 Å². The van der Waals surface area contributed by atoms with Gasteiger partial charge in [0.2, 0.25) is 5.91 Å². The molecule has 1 amide bonds. The van der Waals surface area contributed by atoms with Crippen LogP contribution in [0.5, 0.6) is 0 Å². The first kappa shape index (κ1) is 17.9. The molecule has 1 fully saturated rings. The summed E-state index contributed by atoms with van der Waals surface area (Å²) in [4.78, 5) is 17.5. The number of carbonyl (C=O) groups excluding carboxylic acids is 1. The number of hydrogen-bond donors (Lipinski definition) is 2. The zero-order valence-corrected chi connectivity index (χ0v) is 15.7. The molecule has 3 N–H and O–H groups in total. The van der Waals surface area contributed by atoms with Gasteiger partial charge in [-0.15, -0.1) is 0 Å². The summed E-state index contributed by atoms with van der Waals surface area (Å²) in [5, 5.41) is 3.06. The van der Waals surface area contributed by atoms with Gasteiger partial charge in [-0.2, -0.15) is 0 Å². The molecule has 2 aromatic rings. The van der Waals surface area contributed by atoms with Crippen molar-refractivity contribution in [3.05, 3.63) is 30.1 Å². The number of aryl methyl sites for hydroxylation is 1. The number of fused-ring (bicyclic) bond motifs is 1. The van der Waals surface area contributed by atoms with Crippen molar-refractivity contribution in [2.75, 3.05) is 6.61 Å². The van der Waals surface area contributed by atoms with Crippen molar-refractivity contribution in [3.8, 4) is 0 Å². The molecule has 0 spiro atoms. The van der Waals surface area contributed by atoms with Gasteiger partial charge in [0.05, 0.1) is 23.2 Å². The highest BCUT2D eigenvalue weighted by molar-refractivity contribution is 5.89. The number of para-hydroxylation sites is 2. The van der Waals surface area contributed by atoms with E-state index < -0.39 is 11.0 Å². The number of amides is 1. The molecule has 0 saturated heterocycles. The van der Waals surface area contributed by atoms with Gasteiger partial charge >= 0.3 is 0 Å². The molecule has 1 aliphatic rings. The van der Waals surface area contributed by atoms with E-state index in [0.717, 1.165) is 16.9 Å². The maximum absolute atomic E-state index is 12.9. The zero-order chi connectivity index (χ0) is 18.4. The van der Waals surface area contributed by atoms with Crippen LogP contribution < -0.4 is 11.1 Å². The lowest BCUT2D eigenvalue weighted by molar-refractivity contribution is -0.171. The molecular formula is C19H28N4O2. The van der Waals surface area contributed by atoms with Crippen molar-refractivity contribution in [2.45, 2.75) is 51.8 Å². The van der Waals surface area contributed by atoms with Crippen molar-refractivity contribution >= 4 is 16.9 Å². The van der Waals surface area contributed by atoms with Crippen molar-refractivity contribution in [1.29, 1.82) is 0 Å². The fraction of sp³-hybridized carbons (Fsp3) is 0.579. The largest absolute Gasteiger partial charge is 0.378 e. The lowest BCUT2D eigenvalue weighted by Gasteiger charge is -2.57. The lowest BCUT2D eigenvalue weighted by atomic mass is 9.54. The molecule has 3 rings (SSSR count). The monoisotopic (exact) mass is 344 g/mol. The first-order valence-corrected chi connectivity index (χ1v) is 8.85. The van der Waals surface area contributed by atoms with Crippen LogP contribution in [-0.2, 0) is 16.6 Å². The summed E-state index contributed by atoms with van der Waals surface area (Å²) in [7, 11) is 1.96. The van der Waals surface area contributed by atoms with E-state index in [1.54, 1.807) is 0 Å². The maximum atomic E-state index is 12.9. The highest BCUT2D eigenvalue weighted by atomic mass is 16.5. The highest BCUT2D eigenvalue weighted by Crippen LogP contribution is 2.50. The molecule has 1 aliphatic carbocycles. The molecule has 136 valence electrons. The van der Waals surface area contributed by atoms with Crippen molar-refractivity contribution in [3.63, 3.8) is 0 Å². The molecule has 25 heavy (non-hydrogen) atoms. The van der Waals surface area contributed by atoms with Crippen LogP contribution in [0.2, 0.25) is 0 Å².